The van der Waals surface area contributed by atoms with E-state index in [1.165, 1.54) is 0 Å². The fraction of sp³-hybridized carbons (Fsp3) is 0.200. The Hall–Kier alpha value is -4.18. The van der Waals surface area contributed by atoms with E-state index in [-0.39, 0.29) is 34.6 Å². The number of primary amides is 1. The number of esters is 1. The Labute approximate surface area is 205 Å². The Morgan fingerprint density at radius 3 is 2.54 bits per heavy atom. The summed E-state index contributed by atoms with van der Waals surface area (Å²) in [7, 11) is 0. The van der Waals surface area contributed by atoms with Gasteiger partial charge in [0, 0.05) is 5.56 Å². The summed E-state index contributed by atoms with van der Waals surface area (Å²) in [6.45, 7) is 3.68. The maximum absolute atomic E-state index is 12.9. The van der Waals surface area contributed by atoms with Crippen LogP contribution >= 0.6 is 11.3 Å². The summed E-state index contributed by atoms with van der Waals surface area (Å²) >= 11 is 0.928. The zero-order chi connectivity index (χ0) is 25.1. The summed E-state index contributed by atoms with van der Waals surface area (Å²) in [5.74, 6) is -1.32. The van der Waals surface area contributed by atoms with Crippen molar-refractivity contribution in [1.82, 2.24) is 0 Å². The van der Waals surface area contributed by atoms with Crippen LogP contribution in [0.15, 0.2) is 48.5 Å². The highest BCUT2D eigenvalue weighted by Crippen LogP contribution is 2.34. The lowest BCUT2D eigenvalue weighted by Crippen LogP contribution is -2.38. The molecule has 1 aliphatic rings. The molecule has 0 bridgehead atoms. The van der Waals surface area contributed by atoms with Crippen LogP contribution < -0.4 is 20.7 Å². The molecule has 4 rings (SSSR count). The van der Waals surface area contributed by atoms with E-state index < -0.39 is 17.8 Å². The number of amides is 3. The lowest BCUT2D eigenvalue weighted by atomic mass is 10.1. The molecular formula is C25H23N3O6S. The molecule has 2 aromatic carbocycles. The number of rotatable bonds is 7. The summed E-state index contributed by atoms with van der Waals surface area (Å²) < 4.78 is 10.5. The van der Waals surface area contributed by atoms with Gasteiger partial charge >= 0.3 is 5.97 Å². The van der Waals surface area contributed by atoms with Gasteiger partial charge in [-0.3, -0.25) is 14.4 Å². The van der Waals surface area contributed by atoms with E-state index in [9.17, 15) is 19.2 Å². The van der Waals surface area contributed by atoms with Gasteiger partial charge in [-0.05, 0) is 49.2 Å². The van der Waals surface area contributed by atoms with E-state index in [2.05, 4.69) is 5.32 Å². The molecule has 3 N–H and O–H groups in total. The number of fused-ring (bicyclic) bond motifs is 1. The molecule has 0 fully saturated rings. The smallest absolute Gasteiger partial charge is 0.341 e. The number of benzene rings is 2. The number of nitrogens with two attached hydrogens (primary N) is 1. The summed E-state index contributed by atoms with van der Waals surface area (Å²) in [6.07, 6.45) is 0. The van der Waals surface area contributed by atoms with Crippen LogP contribution in [-0.4, -0.2) is 36.9 Å². The monoisotopic (exact) mass is 493 g/mol. The first-order valence-electron chi connectivity index (χ1n) is 10.8. The van der Waals surface area contributed by atoms with E-state index in [1.807, 2.05) is 24.3 Å². The van der Waals surface area contributed by atoms with Crippen molar-refractivity contribution in [3.63, 3.8) is 0 Å². The Kier molecular flexibility index (Phi) is 6.83. The van der Waals surface area contributed by atoms with Gasteiger partial charge in [-0.15, -0.1) is 11.3 Å². The first kappa shape index (κ1) is 24.0. The van der Waals surface area contributed by atoms with Crippen LogP contribution in [0, 0.1) is 6.92 Å². The minimum absolute atomic E-state index is 0.0339. The molecule has 0 atom stereocenters. The fourth-order valence-corrected chi connectivity index (χ4v) is 4.77. The molecule has 1 aliphatic heterocycles. The standard InChI is InChI=1S/C25H23N3O6S/c1-3-33-25(32)20-14(2)21(22(26)30)35-24(20)27-23(31)16-10-8-15(9-11-16)12-28-17-6-4-5-7-18(17)34-13-19(28)29/h4-11H,3,12-13H2,1-2H3,(H2,26,30)(H,27,31). The molecular weight excluding hydrogens is 470 g/mol. The van der Waals surface area contributed by atoms with Crippen molar-refractivity contribution in [2.45, 2.75) is 20.4 Å². The lowest BCUT2D eigenvalue weighted by molar-refractivity contribution is -0.121. The van der Waals surface area contributed by atoms with Crippen molar-refractivity contribution in [3.8, 4) is 5.75 Å². The van der Waals surface area contributed by atoms with Crippen molar-refractivity contribution in [2.75, 3.05) is 23.4 Å². The highest BCUT2D eigenvalue weighted by Gasteiger charge is 2.27. The van der Waals surface area contributed by atoms with Gasteiger partial charge < -0.3 is 25.4 Å². The highest BCUT2D eigenvalue weighted by atomic mass is 32.1. The summed E-state index contributed by atoms with van der Waals surface area (Å²) in [4.78, 5) is 51.3. The summed E-state index contributed by atoms with van der Waals surface area (Å²) in [5, 5.41) is 2.89. The number of hydrogen-bond donors (Lipinski definition) is 2. The third-order valence-corrected chi connectivity index (χ3v) is 6.66. The number of thiophene rings is 1. The van der Waals surface area contributed by atoms with Gasteiger partial charge in [0.2, 0.25) is 0 Å². The third-order valence-electron chi connectivity index (χ3n) is 5.44. The van der Waals surface area contributed by atoms with E-state index >= 15 is 0 Å². The van der Waals surface area contributed by atoms with E-state index in [0.29, 0.717) is 29.1 Å². The van der Waals surface area contributed by atoms with Crippen LogP contribution in [0.4, 0.5) is 10.7 Å². The molecule has 9 nitrogen and oxygen atoms in total. The average molecular weight is 494 g/mol. The Balaban J connectivity index is 1.53. The maximum atomic E-state index is 12.9. The molecule has 3 amide bonds. The van der Waals surface area contributed by atoms with Gasteiger partial charge in [0.05, 0.1) is 29.3 Å². The van der Waals surface area contributed by atoms with Gasteiger partial charge in [0.15, 0.2) is 6.61 Å². The van der Waals surface area contributed by atoms with E-state index in [4.69, 9.17) is 15.2 Å². The largest absolute Gasteiger partial charge is 0.482 e. The number of nitrogens with zero attached hydrogens (tertiary/aromatic N) is 1. The quantitative estimate of drug-likeness (QED) is 0.485. The van der Waals surface area contributed by atoms with E-state index in [1.54, 1.807) is 43.0 Å². The molecule has 180 valence electrons. The number of nitrogens with one attached hydrogen (secondary N) is 1. The van der Waals surface area contributed by atoms with Crippen molar-refractivity contribution in [3.05, 3.63) is 75.7 Å². The van der Waals surface area contributed by atoms with Gasteiger partial charge in [-0.1, -0.05) is 24.3 Å². The molecule has 0 saturated heterocycles. The Morgan fingerprint density at radius 2 is 1.86 bits per heavy atom. The number of ether oxygens (including phenoxy) is 2. The predicted octanol–water partition coefficient (Wildman–Crippen LogP) is 3.51. The molecule has 35 heavy (non-hydrogen) atoms. The fourth-order valence-electron chi connectivity index (χ4n) is 3.73. The maximum Gasteiger partial charge on any atom is 0.341 e. The highest BCUT2D eigenvalue weighted by molar-refractivity contribution is 7.18. The topological polar surface area (TPSA) is 128 Å². The van der Waals surface area contributed by atoms with E-state index in [0.717, 1.165) is 16.9 Å². The minimum Gasteiger partial charge on any atom is -0.482 e. The predicted molar refractivity (Wildman–Crippen MR) is 131 cm³/mol. The molecule has 0 radical (unpaired) electrons. The zero-order valence-corrected chi connectivity index (χ0v) is 19.9. The summed E-state index contributed by atoms with van der Waals surface area (Å²) in [6, 6.07) is 14.1. The first-order chi connectivity index (χ1) is 16.8. The van der Waals surface area contributed by atoms with Gasteiger partial charge in [0.1, 0.15) is 10.8 Å². The number of hydrogen-bond acceptors (Lipinski definition) is 7. The van der Waals surface area contributed by atoms with Crippen LogP contribution in [-0.2, 0) is 16.1 Å². The third kappa shape index (κ3) is 4.87. The molecule has 0 spiro atoms. The second-order valence-corrected chi connectivity index (χ2v) is 8.75. The second kappa shape index (κ2) is 9.98. The van der Waals surface area contributed by atoms with Gasteiger partial charge in [0.25, 0.3) is 17.7 Å². The normalized spacial score (nSPS) is 12.5. The van der Waals surface area contributed by atoms with Crippen LogP contribution in [0.3, 0.4) is 0 Å². The number of anilines is 2. The number of para-hydroxylation sites is 2. The molecule has 10 heteroatoms. The zero-order valence-electron chi connectivity index (χ0n) is 19.1. The second-order valence-electron chi connectivity index (χ2n) is 7.73. The molecule has 0 aliphatic carbocycles. The van der Waals surface area contributed by atoms with Crippen LogP contribution in [0.25, 0.3) is 0 Å². The van der Waals surface area contributed by atoms with Crippen LogP contribution in [0.5, 0.6) is 5.75 Å². The molecule has 0 saturated carbocycles. The van der Waals surface area contributed by atoms with Crippen LogP contribution in [0.1, 0.15) is 48.4 Å². The SMILES string of the molecule is CCOC(=O)c1c(NC(=O)c2ccc(CN3C(=O)COc4ccccc43)cc2)sc(C(N)=O)c1C. The first-order valence-corrected chi connectivity index (χ1v) is 11.6. The van der Waals surface area contributed by atoms with Crippen molar-refractivity contribution in [2.24, 2.45) is 5.73 Å². The Bertz CT molecular complexity index is 1320. The van der Waals surface area contributed by atoms with Gasteiger partial charge in [-0.25, -0.2) is 4.79 Å². The molecule has 0 unspecified atom stereocenters. The molecule has 2 heterocycles. The molecule has 3 aromatic rings. The molecule has 1 aromatic heterocycles. The van der Waals surface area contributed by atoms with Crippen molar-refractivity contribution >= 4 is 45.7 Å². The van der Waals surface area contributed by atoms with Crippen molar-refractivity contribution in [1.29, 1.82) is 0 Å². The van der Waals surface area contributed by atoms with Gasteiger partial charge in [-0.2, -0.15) is 0 Å². The summed E-state index contributed by atoms with van der Waals surface area (Å²) in [5.41, 5.74) is 7.74. The van der Waals surface area contributed by atoms with Crippen LogP contribution in [0.2, 0.25) is 0 Å². The Morgan fingerprint density at radius 1 is 1.14 bits per heavy atom. The number of carbonyl (C=O) groups is 4. The van der Waals surface area contributed by atoms with Crippen molar-refractivity contribution < 1.29 is 28.7 Å². The lowest BCUT2D eigenvalue weighted by Gasteiger charge is -2.29. The average Bonchev–Trinajstić information content (AvgIpc) is 3.17. The number of carbonyl (C=O) groups excluding carboxylic acids is 4. The minimum atomic E-state index is -0.692.